The molecule has 1 aromatic carbocycles. The molecule has 0 aliphatic carbocycles. The maximum atomic E-state index is 13.7. The van der Waals surface area contributed by atoms with E-state index in [4.69, 9.17) is 21.3 Å². The Morgan fingerprint density at radius 1 is 1.39 bits per heavy atom. The molecular weight excluding hydrogens is 459 g/mol. The summed E-state index contributed by atoms with van der Waals surface area (Å²) < 4.78 is 21.2. The average molecular weight is 481 g/mol. The molecule has 1 atom stereocenters. The summed E-state index contributed by atoms with van der Waals surface area (Å²) in [5.41, 5.74) is 1.76. The van der Waals surface area contributed by atoms with Gasteiger partial charge in [0.1, 0.15) is 11.9 Å². The number of rotatable bonds is 5. The summed E-state index contributed by atoms with van der Waals surface area (Å²) in [6.07, 6.45) is 5.55. The molecule has 1 aromatic heterocycles. The molecule has 3 heterocycles. The van der Waals surface area contributed by atoms with Gasteiger partial charge in [0.2, 0.25) is 0 Å². The van der Waals surface area contributed by atoms with Gasteiger partial charge in [0.15, 0.2) is 10.8 Å². The van der Waals surface area contributed by atoms with E-state index in [1.807, 2.05) is 5.38 Å². The van der Waals surface area contributed by atoms with Crippen molar-refractivity contribution in [3.05, 3.63) is 62.5 Å². The number of hydrogen-bond donors (Lipinski definition) is 1. The fourth-order valence-corrected chi connectivity index (χ4v) is 5.38. The lowest BCUT2D eigenvalue weighted by Gasteiger charge is -2.35. The highest BCUT2D eigenvalue weighted by molar-refractivity contribution is 7.96. The van der Waals surface area contributed by atoms with Crippen molar-refractivity contribution in [1.82, 2.24) is 14.6 Å². The van der Waals surface area contributed by atoms with Crippen LogP contribution >= 0.6 is 34.9 Å². The molecule has 1 saturated heterocycles. The molecule has 164 valence electrons. The fraction of sp³-hybridized carbons (Fsp3) is 0.381. The minimum atomic E-state index is -0.714. The van der Waals surface area contributed by atoms with Crippen LogP contribution in [0.5, 0.6) is 0 Å². The van der Waals surface area contributed by atoms with Crippen LogP contribution in [0.4, 0.5) is 4.39 Å². The number of aliphatic imine (C=N–C) groups is 1. The van der Waals surface area contributed by atoms with Gasteiger partial charge in [0, 0.05) is 46.9 Å². The largest absolute Gasteiger partial charge is 0.466 e. The Bertz CT molecular complexity index is 1020. The minimum absolute atomic E-state index is 0.129. The molecule has 0 radical (unpaired) electrons. The maximum Gasteiger partial charge on any atom is 0.338 e. The molecule has 1 unspecified atom stereocenters. The second kappa shape index (κ2) is 9.68. The number of esters is 1. The number of benzene rings is 1. The van der Waals surface area contributed by atoms with Gasteiger partial charge in [-0.2, -0.15) is 0 Å². The number of aromatic nitrogens is 1. The zero-order valence-corrected chi connectivity index (χ0v) is 19.5. The number of nitrogens with one attached hydrogen (secondary N) is 1. The first kappa shape index (κ1) is 22.3. The summed E-state index contributed by atoms with van der Waals surface area (Å²) in [6.45, 7) is 1.83. The summed E-state index contributed by atoms with van der Waals surface area (Å²) in [5, 5.41) is 6.19. The number of hydrogen-bond acceptors (Lipinski definition) is 8. The number of carbonyl (C=O) groups is 1. The highest BCUT2D eigenvalue weighted by atomic mass is 35.5. The molecule has 0 amide bonds. The molecule has 0 saturated carbocycles. The average Bonchev–Trinajstić information content (AvgIpc) is 3.33. The van der Waals surface area contributed by atoms with Crippen molar-refractivity contribution >= 4 is 46.7 Å². The molecule has 31 heavy (non-hydrogen) atoms. The van der Waals surface area contributed by atoms with Crippen molar-refractivity contribution in [3.63, 3.8) is 0 Å². The number of carbonyl (C=O) groups excluding carboxylic acids is 1. The van der Waals surface area contributed by atoms with Crippen LogP contribution in [-0.4, -0.2) is 47.5 Å². The van der Waals surface area contributed by atoms with Gasteiger partial charge in [-0.25, -0.2) is 14.2 Å². The van der Waals surface area contributed by atoms with Crippen molar-refractivity contribution in [1.29, 1.82) is 0 Å². The third kappa shape index (κ3) is 4.64. The first-order valence-electron chi connectivity index (χ1n) is 9.83. The number of nitrogens with zero attached hydrogens (tertiary/aromatic N) is 3. The number of methoxy groups -OCH3 is 1. The Labute approximate surface area is 193 Å². The summed E-state index contributed by atoms with van der Waals surface area (Å²) in [6, 6.07) is 3.43. The van der Waals surface area contributed by atoms with Crippen LogP contribution < -0.4 is 5.32 Å². The zero-order chi connectivity index (χ0) is 22.0. The third-order valence-electron chi connectivity index (χ3n) is 5.49. The van der Waals surface area contributed by atoms with Crippen molar-refractivity contribution < 1.29 is 13.9 Å². The molecule has 0 spiro atoms. The molecule has 4 rings (SSSR count). The second-order valence-electron chi connectivity index (χ2n) is 7.21. The predicted octanol–water partition coefficient (Wildman–Crippen LogP) is 4.44. The standard InChI is InChI=1S/C21H22ClFN4O2S2/c1-29-21(28)16-17(12-5-8-27(30-2)9-6-12)25-19(20-24-7-10-31-20)26-18(16)14-4-3-13(23)11-15(14)22/h3-4,7,10-12,18H,5-6,8-9H2,1-2H3,(H,25,26). The quantitative estimate of drug-likeness (QED) is 0.504. The number of amidine groups is 1. The Morgan fingerprint density at radius 2 is 2.16 bits per heavy atom. The van der Waals surface area contributed by atoms with E-state index in [9.17, 15) is 9.18 Å². The van der Waals surface area contributed by atoms with Crippen molar-refractivity contribution in [3.8, 4) is 0 Å². The Balaban J connectivity index is 1.83. The molecule has 2 aliphatic heterocycles. The van der Waals surface area contributed by atoms with Crippen LogP contribution in [0.25, 0.3) is 0 Å². The minimum Gasteiger partial charge on any atom is -0.466 e. The molecule has 1 N–H and O–H groups in total. The summed E-state index contributed by atoms with van der Waals surface area (Å²) in [5.74, 6) is -0.206. The Kier molecular flexibility index (Phi) is 6.95. The van der Waals surface area contributed by atoms with Crippen LogP contribution in [-0.2, 0) is 9.53 Å². The van der Waals surface area contributed by atoms with Crippen molar-refractivity contribution in [2.24, 2.45) is 10.9 Å². The maximum absolute atomic E-state index is 13.7. The van der Waals surface area contributed by atoms with Gasteiger partial charge in [-0.1, -0.05) is 29.6 Å². The van der Waals surface area contributed by atoms with Crippen molar-refractivity contribution in [2.75, 3.05) is 26.5 Å². The highest BCUT2D eigenvalue weighted by Gasteiger charge is 2.37. The van der Waals surface area contributed by atoms with E-state index in [2.05, 4.69) is 20.9 Å². The summed E-state index contributed by atoms with van der Waals surface area (Å²) >= 11 is 9.57. The normalized spacial score (nSPS) is 20.4. The summed E-state index contributed by atoms with van der Waals surface area (Å²) in [7, 11) is 1.35. The van der Waals surface area contributed by atoms with Crippen LogP contribution in [0, 0.1) is 11.7 Å². The number of allylic oxidation sites excluding steroid dienone is 1. The monoisotopic (exact) mass is 480 g/mol. The van der Waals surface area contributed by atoms with Gasteiger partial charge in [-0.15, -0.1) is 11.3 Å². The first-order chi connectivity index (χ1) is 15.0. The van der Waals surface area contributed by atoms with E-state index in [0.717, 1.165) is 31.6 Å². The molecule has 0 bridgehead atoms. The van der Waals surface area contributed by atoms with E-state index in [1.54, 1.807) is 24.2 Å². The van der Waals surface area contributed by atoms with Crippen LogP contribution in [0.3, 0.4) is 0 Å². The number of piperidine rings is 1. The fourth-order valence-electron chi connectivity index (χ4n) is 3.95. The van der Waals surface area contributed by atoms with E-state index < -0.39 is 17.8 Å². The van der Waals surface area contributed by atoms with E-state index in [-0.39, 0.29) is 10.9 Å². The number of thiazole rings is 1. The second-order valence-corrected chi connectivity index (χ2v) is 9.40. The van der Waals surface area contributed by atoms with E-state index in [1.165, 1.54) is 30.6 Å². The lowest BCUT2D eigenvalue weighted by Crippen LogP contribution is -2.40. The zero-order valence-electron chi connectivity index (χ0n) is 17.1. The number of ether oxygens (including phenoxy) is 1. The van der Waals surface area contributed by atoms with Crippen LogP contribution in [0.15, 0.2) is 46.0 Å². The predicted molar refractivity (Wildman–Crippen MR) is 123 cm³/mol. The van der Waals surface area contributed by atoms with Crippen LogP contribution in [0.2, 0.25) is 5.02 Å². The van der Waals surface area contributed by atoms with Crippen LogP contribution in [0.1, 0.15) is 29.5 Å². The van der Waals surface area contributed by atoms with Gasteiger partial charge in [0.25, 0.3) is 0 Å². The summed E-state index contributed by atoms with van der Waals surface area (Å²) in [4.78, 5) is 22.1. The first-order valence-corrected chi connectivity index (χ1v) is 12.3. The van der Waals surface area contributed by atoms with Gasteiger partial charge < -0.3 is 10.1 Å². The van der Waals surface area contributed by atoms with Gasteiger partial charge >= 0.3 is 5.97 Å². The molecular formula is C21H22ClFN4O2S2. The Hall–Kier alpha value is -1.94. The molecule has 1 fully saturated rings. The van der Waals surface area contributed by atoms with Crippen molar-refractivity contribution in [2.45, 2.75) is 18.9 Å². The van der Waals surface area contributed by atoms with Gasteiger partial charge in [-0.05, 0) is 31.2 Å². The van der Waals surface area contributed by atoms with E-state index >= 15 is 0 Å². The lowest BCUT2D eigenvalue weighted by molar-refractivity contribution is -0.136. The Morgan fingerprint density at radius 3 is 2.77 bits per heavy atom. The number of halogens is 2. The van der Waals surface area contributed by atoms with Gasteiger partial charge in [0.05, 0.1) is 12.7 Å². The topological polar surface area (TPSA) is 66.8 Å². The molecule has 2 aliphatic rings. The lowest BCUT2D eigenvalue weighted by atomic mass is 9.86. The third-order valence-corrected chi connectivity index (χ3v) is 7.48. The highest BCUT2D eigenvalue weighted by Crippen LogP contribution is 2.40. The SMILES string of the molecule is COC(=O)C1=C(C2CCN(SC)CC2)NC(c2nccs2)=NC1c1ccc(F)cc1Cl. The smallest absolute Gasteiger partial charge is 0.338 e. The molecule has 6 nitrogen and oxygen atoms in total. The van der Waals surface area contributed by atoms with Gasteiger partial charge in [-0.3, -0.25) is 9.30 Å². The van der Waals surface area contributed by atoms with E-state index in [0.29, 0.717) is 22.0 Å². The molecule has 10 heteroatoms. The molecule has 2 aromatic rings.